The van der Waals surface area contributed by atoms with E-state index >= 15 is 0 Å². The molecule has 0 spiro atoms. The number of nitrogens with zero attached hydrogens (tertiary/aromatic N) is 2. The lowest BCUT2D eigenvalue weighted by atomic mass is 10.1. The summed E-state index contributed by atoms with van der Waals surface area (Å²) in [5, 5.41) is 0. The normalized spacial score (nSPS) is 23.9. The molecule has 0 radical (unpaired) electrons. The standard InChI is InChI=1S/C10H22N2O2S/c1-9(2)8-11-6-7-12(10(3,4)5)15(11,13)14/h9H,6-8H2,1-5H3. The van der Waals surface area contributed by atoms with Gasteiger partial charge in [-0.15, -0.1) is 0 Å². The van der Waals surface area contributed by atoms with Crippen LogP contribution in [0, 0.1) is 5.92 Å². The Labute approximate surface area is 93.4 Å². The van der Waals surface area contributed by atoms with Crippen molar-refractivity contribution in [2.45, 2.75) is 40.2 Å². The molecule has 0 bridgehead atoms. The van der Waals surface area contributed by atoms with Crippen LogP contribution in [0.4, 0.5) is 0 Å². The van der Waals surface area contributed by atoms with Crippen molar-refractivity contribution < 1.29 is 8.42 Å². The minimum Gasteiger partial charge on any atom is -0.195 e. The predicted octanol–water partition coefficient (Wildman–Crippen LogP) is 1.30. The van der Waals surface area contributed by atoms with Crippen molar-refractivity contribution in [3.05, 3.63) is 0 Å². The van der Waals surface area contributed by atoms with Gasteiger partial charge in [-0.05, 0) is 26.7 Å². The topological polar surface area (TPSA) is 40.6 Å². The van der Waals surface area contributed by atoms with Crippen molar-refractivity contribution >= 4 is 10.2 Å². The predicted molar refractivity (Wildman–Crippen MR) is 61.8 cm³/mol. The van der Waals surface area contributed by atoms with E-state index in [0.717, 1.165) is 0 Å². The van der Waals surface area contributed by atoms with Crippen LogP contribution in [0.25, 0.3) is 0 Å². The molecule has 1 saturated heterocycles. The third-order valence-electron chi connectivity index (χ3n) is 2.47. The molecule has 0 aromatic carbocycles. The van der Waals surface area contributed by atoms with E-state index in [1.165, 1.54) is 0 Å². The van der Waals surface area contributed by atoms with Crippen LogP contribution in [0.1, 0.15) is 34.6 Å². The second-order valence-corrected chi connectivity index (χ2v) is 7.36. The van der Waals surface area contributed by atoms with E-state index in [-0.39, 0.29) is 5.54 Å². The summed E-state index contributed by atoms with van der Waals surface area (Å²) in [6.07, 6.45) is 0. The van der Waals surface area contributed by atoms with Crippen molar-refractivity contribution in [1.29, 1.82) is 0 Å². The summed E-state index contributed by atoms with van der Waals surface area (Å²) in [7, 11) is -3.21. The molecule has 5 heteroatoms. The summed E-state index contributed by atoms with van der Waals surface area (Å²) in [6, 6.07) is 0. The first-order valence-electron chi connectivity index (χ1n) is 5.43. The molecule has 0 aromatic rings. The Bertz CT molecular complexity index is 317. The molecular weight excluding hydrogens is 212 g/mol. The van der Waals surface area contributed by atoms with Crippen molar-refractivity contribution in [2.24, 2.45) is 5.92 Å². The van der Waals surface area contributed by atoms with E-state index in [1.807, 2.05) is 34.6 Å². The van der Waals surface area contributed by atoms with Gasteiger partial charge in [0.15, 0.2) is 0 Å². The van der Waals surface area contributed by atoms with Crippen LogP contribution in [0.15, 0.2) is 0 Å². The maximum atomic E-state index is 12.1. The van der Waals surface area contributed by atoms with Crippen LogP contribution >= 0.6 is 0 Å². The quantitative estimate of drug-likeness (QED) is 0.722. The SMILES string of the molecule is CC(C)CN1CCN(C(C)(C)C)S1(=O)=O. The highest BCUT2D eigenvalue weighted by molar-refractivity contribution is 7.87. The van der Waals surface area contributed by atoms with Gasteiger partial charge in [0.05, 0.1) is 0 Å². The molecule has 4 nitrogen and oxygen atoms in total. The Kier molecular flexibility index (Phi) is 3.48. The lowest BCUT2D eigenvalue weighted by Gasteiger charge is -2.30. The van der Waals surface area contributed by atoms with Gasteiger partial charge in [-0.3, -0.25) is 0 Å². The zero-order valence-corrected chi connectivity index (χ0v) is 11.1. The van der Waals surface area contributed by atoms with Crippen LogP contribution in [-0.4, -0.2) is 42.2 Å². The van der Waals surface area contributed by atoms with Crippen LogP contribution < -0.4 is 0 Å². The van der Waals surface area contributed by atoms with Crippen molar-refractivity contribution in [3.8, 4) is 0 Å². The van der Waals surface area contributed by atoms with Gasteiger partial charge < -0.3 is 0 Å². The van der Waals surface area contributed by atoms with Gasteiger partial charge in [0.1, 0.15) is 0 Å². The van der Waals surface area contributed by atoms with E-state index in [9.17, 15) is 8.42 Å². The van der Waals surface area contributed by atoms with Crippen molar-refractivity contribution in [3.63, 3.8) is 0 Å². The molecule has 15 heavy (non-hydrogen) atoms. The molecule has 0 atom stereocenters. The lowest BCUT2D eigenvalue weighted by Crippen LogP contribution is -2.45. The highest BCUT2D eigenvalue weighted by Gasteiger charge is 2.42. The maximum Gasteiger partial charge on any atom is 0.282 e. The first kappa shape index (κ1) is 12.9. The maximum absolute atomic E-state index is 12.1. The summed E-state index contributed by atoms with van der Waals surface area (Å²) in [4.78, 5) is 0. The average molecular weight is 234 g/mol. The van der Waals surface area contributed by atoms with Crippen LogP contribution in [0.5, 0.6) is 0 Å². The monoisotopic (exact) mass is 234 g/mol. The van der Waals surface area contributed by atoms with Gasteiger partial charge in [0, 0.05) is 25.2 Å². The average Bonchev–Trinajstić information content (AvgIpc) is 2.24. The Morgan fingerprint density at radius 1 is 1.20 bits per heavy atom. The first-order chi connectivity index (χ1) is 6.65. The largest absolute Gasteiger partial charge is 0.282 e. The Balaban J connectivity index is 2.86. The minimum absolute atomic E-state index is 0.315. The Morgan fingerprint density at radius 3 is 2.07 bits per heavy atom. The zero-order chi connectivity index (χ0) is 11.9. The van der Waals surface area contributed by atoms with E-state index in [2.05, 4.69) is 0 Å². The van der Waals surface area contributed by atoms with E-state index in [4.69, 9.17) is 0 Å². The molecule has 1 rings (SSSR count). The fraction of sp³-hybridized carbons (Fsp3) is 1.00. The molecule has 0 unspecified atom stereocenters. The summed E-state index contributed by atoms with van der Waals surface area (Å²) in [5.74, 6) is 0.375. The Hall–Kier alpha value is -0.130. The second-order valence-electron chi connectivity index (χ2n) is 5.50. The molecule has 1 heterocycles. The Morgan fingerprint density at radius 2 is 1.73 bits per heavy atom. The third kappa shape index (κ3) is 2.71. The smallest absolute Gasteiger partial charge is 0.195 e. The summed E-state index contributed by atoms with van der Waals surface area (Å²) in [5.41, 5.74) is -0.315. The van der Waals surface area contributed by atoms with Gasteiger partial charge in [-0.2, -0.15) is 17.0 Å². The van der Waals surface area contributed by atoms with Gasteiger partial charge in [0.2, 0.25) is 0 Å². The third-order valence-corrected chi connectivity index (χ3v) is 4.75. The fourth-order valence-corrected chi connectivity index (χ4v) is 3.93. The molecule has 1 aliphatic rings. The van der Waals surface area contributed by atoms with E-state index < -0.39 is 10.2 Å². The molecular formula is C10H22N2O2S. The summed E-state index contributed by atoms with van der Waals surface area (Å²) < 4.78 is 27.4. The molecule has 1 fully saturated rings. The van der Waals surface area contributed by atoms with E-state index in [1.54, 1.807) is 8.61 Å². The molecule has 0 saturated carbocycles. The molecule has 90 valence electrons. The number of hydrogen-bond donors (Lipinski definition) is 0. The lowest BCUT2D eigenvalue weighted by molar-refractivity contribution is 0.271. The molecule has 0 amide bonds. The van der Waals surface area contributed by atoms with Crippen LogP contribution in [-0.2, 0) is 10.2 Å². The highest BCUT2D eigenvalue weighted by atomic mass is 32.2. The summed E-state index contributed by atoms with van der Waals surface area (Å²) in [6.45, 7) is 11.7. The summed E-state index contributed by atoms with van der Waals surface area (Å²) >= 11 is 0. The number of rotatable bonds is 2. The molecule has 1 aliphatic heterocycles. The zero-order valence-electron chi connectivity index (χ0n) is 10.3. The molecule has 0 aliphatic carbocycles. The van der Waals surface area contributed by atoms with Crippen LogP contribution in [0.2, 0.25) is 0 Å². The highest BCUT2D eigenvalue weighted by Crippen LogP contribution is 2.26. The van der Waals surface area contributed by atoms with Crippen molar-refractivity contribution in [1.82, 2.24) is 8.61 Å². The minimum atomic E-state index is -3.21. The van der Waals surface area contributed by atoms with Gasteiger partial charge >= 0.3 is 0 Å². The number of hydrogen-bond acceptors (Lipinski definition) is 2. The van der Waals surface area contributed by atoms with Crippen molar-refractivity contribution in [2.75, 3.05) is 19.6 Å². The van der Waals surface area contributed by atoms with Gasteiger partial charge in [-0.25, -0.2) is 0 Å². The second kappa shape index (κ2) is 4.03. The van der Waals surface area contributed by atoms with E-state index in [0.29, 0.717) is 25.6 Å². The van der Waals surface area contributed by atoms with Crippen LogP contribution in [0.3, 0.4) is 0 Å². The fourth-order valence-electron chi connectivity index (χ4n) is 1.85. The first-order valence-corrected chi connectivity index (χ1v) is 6.83. The van der Waals surface area contributed by atoms with Gasteiger partial charge in [0.25, 0.3) is 10.2 Å². The molecule has 0 N–H and O–H groups in total. The molecule has 0 aromatic heterocycles. The van der Waals surface area contributed by atoms with Gasteiger partial charge in [-0.1, -0.05) is 13.8 Å².